The van der Waals surface area contributed by atoms with E-state index in [-0.39, 0.29) is 12.3 Å². The normalized spacial score (nSPS) is 16.0. The SMILES string of the molecule is CCC(N=O)(C(=O)O)C(C)C. The molecule has 4 nitrogen and oxygen atoms in total. The molecule has 0 heterocycles. The molecule has 1 unspecified atom stereocenters. The molecular weight excluding hydrogens is 146 g/mol. The lowest BCUT2D eigenvalue weighted by atomic mass is 9.85. The molecule has 0 spiro atoms. The molecule has 0 radical (unpaired) electrons. The van der Waals surface area contributed by atoms with E-state index in [9.17, 15) is 9.70 Å². The van der Waals surface area contributed by atoms with Crippen LogP contribution < -0.4 is 0 Å². The largest absolute Gasteiger partial charge is 0.479 e. The summed E-state index contributed by atoms with van der Waals surface area (Å²) in [5, 5.41) is 11.4. The molecule has 4 heteroatoms. The molecule has 0 saturated carbocycles. The van der Waals surface area contributed by atoms with Crippen molar-refractivity contribution < 1.29 is 9.90 Å². The number of nitrogens with zero attached hydrogens (tertiary/aromatic N) is 1. The van der Waals surface area contributed by atoms with Crippen molar-refractivity contribution in [2.24, 2.45) is 11.1 Å². The number of hydrogen-bond acceptors (Lipinski definition) is 3. The molecule has 11 heavy (non-hydrogen) atoms. The van der Waals surface area contributed by atoms with Crippen LogP contribution in [0.3, 0.4) is 0 Å². The molecular formula is C7H13NO3. The molecule has 1 N–H and O–H groups in total. The molecule has 0 amide bonds. The maximum atomic E-state index is 10.6. The zero-order valence-electron chi connectivity index (χ0n) is 7.00. The molecule has 0 aliphatic heterocycles. The van der Waals surface area contributed by atoms with Crippen LogP contribution >= 0.6 is 0 Å². The highest BCUT2D eigenvalue weighted by atomic mass is 16.4. The van der Waals surface area contributed by atoms with Gasteiger partial charge in [0.2, 0.25) is 5.54 Å². The molecule has 0 aromatic heterocycles. The summed E-state index contributed by atoms with van der Waals surface area (Å²) in [7, 11) is 0. The van der Waals surface area contributed by atoms with Crippen LogP contribution in [0.15, 0.2) is 5.18 Å². The van der Waals surface area contributed by atoms with E-state index >= 15 is 0 Å². The number of carboxylic acid groups (broad SMARTS) is 1. The Kier molecular flexibility index (Phi) is 3.17. The van der Waals surface area contributed by atoms with Gasteiger partial charge in [-0.3, -0.25) is 0 Å². The second kappa shape index (κ2) is 3.46. The van der Waals surface area contributed by atoms with E-state index in [0.717, 1.165) is 0 Å². The fourth-order valence-electron chi connectivity index (χ4n) is 1.02. The molecule has 0 bridgehead atoms. The Morgan fingerprint density at radius 3 is 2.09 bits per heavy atom. The molecule has 1 atom stereocenters. The first kappa shape index (κ1) is 10.1. The lowest BCUT2D eigenvalue weighted by molar-refractivity contribution is -0.145. The summed E-state index contributed by atoms with van der Waals surface area (Å²) < 4.78 is 0. The highest BCUT2D eigenvalue weighted by Gasteiger charge is 2.41. The van der Waals surface area contributed by atoms with Gasteiger partial charge in [-0.15, -0.1) is 4.91 Å². The van der Waals surface area contributed by atoms with Crippen molar-refractivity contribution in [3.63, 3.8) is 0 Å². The van der Waals surface area contributed by atoms with Crippen LogP contribution in [0.2, 0.25) is 0 Å². The van der Waals surface area contributed by atoms with Gasteiger partial charge in [-0.25, -0.2) is 4.79 Å². The molecule has 0 aliphatic carbocycles. The van der Waals surface area contributed by atoms with E-state index in [1.807, 2.05) is 0 Å². The van der Waals surface area contributed by atoms with Crippen molar-refractivity contribution in [2.75, 3.05) is 0 Å². The maximum Gasteiger partial charge on any atom is 0.335 e. The molecule has 0 saturated heterocycles. The average molecular weight is 159 g/mol. The summed E-state index contributed by atoms with van der Waals surface area (Å²) in [5.41, 5.74) is -1.43. The van der Waals surface area contributed by atoms with Gasteiger partial charge < -0.3 is 5.11 Å². The molecule has 0 rings (SSSR count). The Balaban J connectivity index is 4.75. The summed E-state index contributed by atoms with van der Waals surface area (Å²) in [6, 6.07) is 0. The smallest absolute Gasteiger partial charge is 0.335 e. The van der Waals surface area contributed by atoms with Crippen LogP contribution in [-0.2, 0) is 4.79 Å². The monoisotopic (exact) mass is 159 g/mol. The van der Waals surface area contributed by atoms with Crippen molar-refractivity contribution in [3.05, 3.63) is 4.91 Å². The van der Waals surface area contributed by atoms with E-state index in [1.54, 1.807) is 20.8 Å². The molecule has 0 aliphatic rings. The fraction of sp³-hybridized carbons (Fsp3) is 0.857. The summed E-state index contributed by atoms with van der Waals surface area (Å²) in [5.74, 6) is -1.40. The molecule has 0 fully saturated rings. The van der Waals surface area contributed by atoms with E-state index in [4.69, 9.17) is 5.11 Å². The summed E-state index contributed by atoms with van der Waals surface area (Å²) in [6.45, 7) is 5.01. The van der Waals surface area contributed by atoms with Gasteiger partial charge in [0.15, 0.2) is 0 Å². The number of rotatable bonds is 4. The van der Waals surface area contributed by atoms with Crippen molar-refractivity contribution >= 4 is 5.97 Å². The maximum absolute atomic E-state index is 10.6. The zero-order chi connectivity index (χ0) is 9.07. The molecule has 64 valence electrons. The number of carboxylic acids is 1. The first-order chi connectivity index (χ1) is 5.01. The third kappa shape index (κ3) is 1.56. The Hall–Kier alpha value is -0.930. The second-order valence-electron chi connectivity index (χ2n) is 2.83. The summed E-state index contributed by atoms with van der Waals surface area (Å²) >= 11 is 0. The predicted molar refractivity (Wildman–Crippen MR) is 41.3 cm³/mol. The lowest BCUT2D eigenvalue weighted by Gasteiger charge is -2.23. The Bertz CT molecular complexity index is 167. The quantitative estimate of drug-likeness (QED) is 0.634. The topological polar surface area (TPSA) is 66.7 Å². The first-order valence-electron chi connectivity index (χ1n) is 3.59. The molecule has 0 aromatic carbocycles. The fourth-order valence-corrected chi connectivity index (χ4v) is 1.02. The zero-order valence-corrected chi connectivity index (χ0v) is 7.00. The minimum Gasteiger partial charge on any atom is -0.479 e. The first-order valence-corrected chi connectivity index (χ1v) is 3.59. The van der Waals surface area contributed by atoms with Crippen LogP contribution in [0.1, 0.15) is 27.2 Å². The average Bonchev–Trinajstić information content (AvgIpc) is 1.90. The minimum atomic E-state index is -1.43. The number of hydrogen-bond donors (Lipinski definition) is 1. The lowest BCUT2D eigenvalue weighted by Crippen LogP contribution is -2.40. The van der Waals surface area contributed by atoms with E-state index < -0.39 is 11.5 Å². The minimum absolute atomic E-state index is 0.240. The van der Waals surface area contributed by atoms with Crippen molar-refractivity contribution in [3.8, 4) is 0 Å². The Labute approximate surface area is 65.6 Å². The van der Waals surface area contributed by atoms with Gasteiger partial charge in [0.25, 0.3) is 0 Å². The van der Waals surface area contributed by atoms with Gasteiger partial charge in [-0.1, -0.05) is 25.9 Å². The highest BCUT2D eigenvalue weighted by molar-refractivity contribution is 5.79. The van der Waals surface area contributed by atoms with Crippen LogP contribution in [0, 0.1) is 10.8 Å². The van der Waals surface area contributed by atoms with E-state index in [1.165, 1.54) is 0 Å². The van der Waals surface area contributed by atoms with Crippen molar-refractivity contribution in [2.45, 2.75) is 32.7 Å². The summed E-state index contributed by atoms with van der Waals surface area (Å²) in [6.07, 6.45) is 0.240. The van der Waals surface area contributed by atoms with Crippen LogP contribution in [-0.4, -0.2) is 16.6 Å². The van der Waals surface area contributed by atoms with Crippen molar-refractivity contribution in [1.29, 1.82) is 0 Å². The predicted octanol–water partition coefficient (Wildman–Crippen LogP) is 1.64. The Morgan fingerprint density at radius 2 is 2.09 bits per heavy atom. The highest BCUT2D eigenvalue weighted by Crippen LogP contribution is 2.25. The Morgan fingerprint density at radius 1 is 1.64 bits per heavy atom. The molecule has 0 aromatic rings. The number of carbonyl (C=O) groups is 1. The van der Waals surface area contributed by atoms with Gasteiger partial charge >= 0.3 is 5.97 Å². The van der Waals surface area contributed by atoms with Crippen LogP contribution in [0.4, 0.5) is 0 Å². The van der Waals surface area contributed by atoms with E-state index in [2.05, 4.69) is 5.18 Å². The summed E-state index contributed by atoms with van der Waals surface area (Å²) in [4.78, 5) is 20.9. The van der Waals surface area contributed by atoms with Crippen LogP contribution in [0.25, 0.3) is 0 Å². The van der Waals surface area contributed by atoms with Crippen molar-refractivity contribution in [1.82, 2.24) is 0 Å². The second-order valence-corrected chi connectivity index (χ2v) is 2.83. The van der Waals surface area contributed by atoms with E-state index in [0.29, 0.717) is 0 Å². The van der Waals surface area contributed by atoms with Gasteiger partial charge in [0.1, 0.15) is 0 Å². The van der Waals surface area contributed by atoms with Gasteiger partial charge in [-0.2, -0.15) is 0 Å². The number of aliphatic carboxylic acids is 1. The third-order valence-electron chi connectivity index (χ3n) is 2.03. The van der Waals surface area contributed by atoms with Gasteiger partial charge in [0.05, 0.1) is 0 Å². The number of nitroso groups, excluding NO2 is 1. The van der Waals surface area contributed by atoms with Gasteiger partial charge in [-0.05, 0) is 12.3 Å². The third-order valence-corrected chi connectivity index (χ3v) is 2.03. The standard InChI is InChI=1S/C7H13NO3/c1-4-7(8-11,5(2)3)6(9)10/h5H,4H2,1-3H3,(H,9,10). The van der Waals surface area contributed by atoms with Gasteiger partial charge in [0, 0.05) is 0 Å². The van der Waals surface area contributed by atoms with Crippen LogP contribution in [0.5, 0.6) is 0 Å².